The number of benzene rings is 2. The van der Waals surface area contributed by atoms with Gasteiger partial charge >= 0.3 is 5.91 Å². The third-order valence-electron chi connectivity index (χ3n) is 5.59. The van der Waals surface area contributed by atoms with Crippen LogP contribution in [0, 0.1) is 13.8 Å². The summed E-state index contributed by atoms with van der Waals surface area (Å²) >= 11 is 1.26. The Labute approximate surface area is 193 Å². The number of nitrogens with zero attached hydrogens (tertiary/aromatic N) is 2. The van der Waals surface area contributed by atoms with E-state index in [4.69, 9.17) is 9.15 Å². The highest BCUT2D eigenvalue weighted by Crippen LogP contribution is 2.45. The van der Waals surface area contributed by atoms with Crippen molar-refractivity contribution in [1.82, 2.24) is 4.98 Å². The lowest BCUT2D eigenvalue weighted by Gasteiger charge is -2.20. The molecule has 0 spiro atoms. The molecule has 2 aromatic heterocycles. The maximum Gasteiger partial charge on any atom is 0.302 e. The zero-order valence-electron chi connectivity index (χ0n) is 18.2. The Hall–Kier alpha value is -3.91. The van der Waals surface area contributed by atoms with Crippen molar-refractivity contribution in [2.75, 3.05) is 12.0 Å². The van der Waals surface area contributed by atoms with Crippen LogP contribution < -0.4 is 9.64 Å². The number of anilines is 1. The summed E-state index contributed by atoms with van der Waals surface area (Å²) < 4.78 is 11.9. The van der Waals surface area contributed by atoms with Crippen LogP contribution in [0.2, 0.25) is 0 Å². The van der Waals surface area contributed by atoms with Gasteiger partial charge in [0.05, 0.1) is 22.9 Å². The molecule has 1 unspecified atom stereocenters. The highest BCUT2D eigenvalue weighted by molar-refractivity contribution is 7.22. The molecule has 0 saturated carbocycles. The first-order chi connectivity index (χ1) is 15.9. The zero-order chi connectivity index (χ0) is 23.3. The van der Waals surface area contributed by atoms with E-state index in [9.17, 15) is 14.7 Å². The molecule has 5 rings (SSSR count). The summed E-state index contributed by atoms with van der Waals surface area (Å²) in [6, 6.07) is 15.0. The topological polar surface area (TPSA) is 92.9 Å². The number of hydrogen-bond donors (Lipinski definition) is 1. The van der Waals surface area contributed by atoms with Crippen molar-refractivity contribution in [3.05, 3.63) is 82.8 Å². The molecule has 3 heterocycles. The predicted molar refractivity (Wildman–Crippen MR) is 126 cm³/mol. The molecular formula is C25H20N2O5S. The van der Waals surface area contributed by atoms with Crippen LogP contribution in [0.5, 0.6) is 5.75 Å². The molecule has 166 valence electrons. The van der Waals surface area contributed by atoms with Gasteiger partial charge in [-0.05, 0) is 44.2 Å². The highest BCUT2D eigenvalue weighted by Gasteiger charge is 2.49. The molecule has 8 heteroatoms. The van der Waals surface area contributed by atoms with Crippen LogP contribution in [0.25, 0.3) is 16.0 Å². The summed E-state index contributed by atoms with van der Waals surface area (Å²) in [5, 5.41) is 11.5. The van der Waals surface area contributed by atoms with E-state index in [-0.39, 0.29) is 11.3 Å². The number of aliphatic hydroxyl groups is 1. The first kappa shape index (κ1) is 21.0. The molecule has 4 aromatic rings. The molecule has 33 heavy (non-hydrogen) atoms. The third-order valence-corrected chi connectivity index (χ3v) is 6.61. The lowest BCUT2D eigenvalue weighted by atomic mass is 9.99. The molecule has 0 radical (unpaired) electrons. The van der Waals surface area contributed by atoms with Crippen molar-refractivity contribution >= 4 is 44.1 Å². The standard InChI is InChI=1S/C25H20N2O5S/c1-13-4-7-15(8-5-13)22(28)20-21(18-11-6-14(2)32-18)27(24(30)23(20)29)25-26-17-10-9-16(31-3)12-19(17)33-25/h4-12,21,28H,1-3H3. The molecule has 1 atom stereocenters. The Bertz CT molecular complexity index is 1430. The lowest BCUT2D eigenvalue weighted by Crippen LogP contribution is -2.29. The maximum absolute atomic E-state index is 13.2. The van der Waals surface area contributed by atoms with Crippen LogP contribution in [-0.2, 0) is 9.59 Å². The van der Waals surface area contributed by atoms with Gasteiger partial charge in [-0.15, -0.1) is 0 Å². The predicted octanol–water partition coefficient (Wildman–Crippen LogP) is 5.14. The minimum atomic E-state index is -0.942. The second-order valence-electron chi connectivity index (χ2n) is 7.81. The summed E-state index contributed by atoms with van der Waals surface area (Å²) in [5.41, 5.74) is 2.09. The normalized spacial score (nSPS) is 17.8. The summed E-state index contributed by atoms with van der Waals surface area (Å²) in [6.45, 7) is 3.70. The third kappa shape index (κ3) is 3.48. The maximum atomic E-state index is 13.2. The summed E-state index contributed by atoms with van der Waals surface area (Å²) in [6.07, 6.45) is 0. The zero-order valence-corrected chi connectivity index (χ0v) is 19.0. The van der Waals surface area contributed by atoms with Crippen LogP contribution in [-0.4, -0.2) is 28.9 Å². The number of ketones is 1. The average Bonchev–Trinajstić information content (AvgIpc) is 3.49. The second-order valence-corrected chi connectivity index (χ2v) is 8.82. The first-order valence-corrected chi connectivity index (χ1v) is 11.1. The molecule has 1 aliphatic rings. The van der Waals surface area contributed by atoms with Gasteiger partial charge in [-0.3, -0.25) is 14.5 Å². The van der Waals surface area contributed by atoms with Gasteiger partial charge in [-0.2, -0.15) is 0 Å². The van der Waals surface area contributed by atoms with Crippen molar-refractivity contribution in [3.8, 4) is 5.75 Å². The Morgan fingerprint density at radius 2 is 1.85 bits per heavy atom. The number of Topliss-reactive ketones (excluding diaryl/α,β-unsaturated/α-hetero) is 1. The molecule has 1 saturated heterocycles. The van der Waals surface area contributed by atoms with Gasteiger partial charge in [0, 0.05) is 5.56 Å². The fourth-order valence-corrected chi connectivity index (χ4v) is 4.91. The minimum absolute atomic E-state index is 0.0324. The van der Waals surface area contributed by atoms with Crippen LogP contribution in [0.4, 0.5) is 5.13 Å². The molecule has 7 nitrogen and oxygen atoms in total. The van der Waals surface area contributed by atoms with E-state index in [0.29, 0.717) is 33.5 Å². The van der Waals surface area contributed by atoms with Crippen LogP contribution >= 0.6 is 11.3 Å². The average molecular weight is 461 g/mol. The SMILES string of the molecule is COc1ccc2nc(N3C(=O)C(=O)C(=C(O)c4ccc(C)cc4)C3c3ccc(C)o3)sc2c1. The van der Waals surface area contributed by atoms with E-state index in [1.165, 1.54) is 16.2 Å². The quantitative estimate of drug-likeness (QED) is 0.257. The highest BCUT2D eigenvalue weighted by atomic mass is 32.1. The molecule has 1 N–H and O–H groups in total. The van der Waals surface area contributed by atoms with Crippen molar-refractivity contribution in [2.24, 2.45) is 0 Å². The van der Waals surface area contributed by atoms with Crippen LogP contribution in [0.3, 0.4) is 0 Å². The van der Waals surface area contributed by atoms with Crippen molar-refractivity contribution < 1.29 is 23.8 Å². The number of rotatable bonds is 4. The van der Waals surface area contributed by atoms with Gasteiger partial charge in [-0.1, -0.05) is 41.2 Å². The van der Waals surface area contributed by atoms with E-state index < -0.39 is 17.7 Å². The number of furan rings is 1. The van der Waals surface area contributed by atoms with E-state index in [1.54, 1.807) is 50.4 Å². The molecule has 1 amide bonds. The van der Waals surface area contributed by atoms with Gasteiger partial charge in [0.15, 0.2) is 5.13 Å². The molecule has 1 fully saturated rings. The molecule has 0 aliphatic carbocycles. The van der Waals surface area contributed by atoms with Crippen LogP contribution in [0.15, 0.2) is 64.6 Å². The van der Waals surface area contributed by atoms with Gasteiger partial charge in [0.1, 0.15) is 29.1 Å². The smallest absolute Gasteiger partial charge is 0.302 e. The van der Waals surface area contributed by atoms with E-state index in [0.717, 1.165) is 10.3 Å². The van der Waals surface area contributed by atoms with Gasteiger partial charge in [0.25, 0.3) is 5.78 Å². The van der Waals surface area contributed by atoms with Gasteiger partial charge in [-0.25, -0.2) is 4.98 Å². The van der Waals surface area contributed by atoms with Crippen molar-refractivity contribution in [1.29, 1.82) is 0 Å². The number of aromatic nitrogens is 1. The number of aryl methyl sites for hydroxylation is 2. The fraction of sp³-hybridized carbons (Fsp3) is 0.160. The van der Waals surface area contributed by atoms with E-state index in [2.05, 4.69) is 4.98 Å². The minimum Gasteiger partial charge on any atom is -0.507 e. The number of carbonyl (C=O) groups excluding carboxylic acids is 2. The fourth-order valence-electron chi connectivity index (χ4n) is 3.89. The summed E-state index contributed by atoms with van der Waals surface area (Å²) in [5.74, 6) is -0.148. The largest absolute Gasteiger partial charge is 0.507 e. The van der Waals surface area contributed by atoms with Crippen LogP contribution in [0.1, 0.15) is 28.7 Å². The molecule has 0 bridgehead atoms. The Balaban J connectivity index is 1.70. The number of hydrogen-bond acceptors (Lipinski definition) is 7. The number of thiazole rings is 1. The number of ether oxygens (including phenoxy) is 1. The Kier molecular flexibility index (Phi) is 5.02. The molecular weight excluding hydrogens is 440 g/mol. The number of methoxy groups -OCH3 is 1. The van der Waals surface area contributed by atoms with Crippen molar-refractivity contribution in [3.63, 3.8) is 0 Å². The second kappa shape index (κ2) is 7.90. The van der Waals surface area contributed by atoms with E-state index in [1.807, 2.05) is 25.1 Å². The summed E-state index contributed by atoms with van der Waals surface area (Å²) in [7, 11) is 1.58. The van der Waals surface area contributed by atoms with Gasteiger partial charge in [0.2, 0.25) is 0 Å². The van der Waals surface area contributed by atoms with Crippen molar-refractivity contribution in [2.45, 2.75) is 19.9 Å². The Morgan fingerprint density at radius 3 is 2.52 bits per heavy atom. The number of carbonyl (C=O) groups is 2. The summed E-state index contributed by atoms with van der Waals surface area (Å²) in [4.78, 5) is 32.3. The lowest BCUT2D eigenvalue weighted by molar-refractivity contribution is -0.132. The molecule has 1 aliphatic heterocycles. The number of amides is 1. The first-order valence-electron chi connectivity index (χ1n) is 10.3. The van der Waals surface area contributed by atoms with E-state index >= 15 is 0 Å². The molecule has 2 aromatic carbocycles. The number of aliphatic hydroxyl groups excluding tert-OH is 1. The monoisotopic (exact) mass is 460 g/mol. The van der Waals surface area contributed by atoms with Gasteiger partial charge < -0.3 is 14.3 Å². The number of fused-ring (bicyclic) bond motifs is 1. The Morgan fingerprint density at radius 1 is 1.09 bits per heavy atom.